The number of rotatable bonds is 6. The first-order valence-corrected chi connectivity index (χ1v) is 9.23. The van der Waals surface area contributed by atoms with E-state index in [1.54, 1.807) is 35.9 Å². The molecule has 0 aliphatic heterocycles. The highest BCUT2D eigenvalue weighted by molar-refractivity contribution is 6.30. The zero-order valence-corrected chi connectivity index (χ0v) is 16.5. The number of nitrogens with zero attached hydrogens (tertiary/aromatic N) is 2. The largest absolute Gasteiger partial charge is 0.343 e. The van der Waals surface area contributed by atoms with E-state index in [1.165, 1.54) is 0 Å². The molecule has 0 radical (unpaired) electrons. The van der Waals surface area contributed by atoms with Crippen molar-refractivity contribution in [1.82, 2.24) is 15.1 Å². The van der Waals surface area contributed by atoms with Gasteiger partial charge in [0.15, 0.2) is 0 Å². The van der Waals surface area contributed by atoms with Crippen molar-refractivity contribution >= 4 is 29.1 Å². The topological polar surface area (TPSA) is 76.0 Å². The highest BCUT2D eigenvalue weighted by Gasteiger charge is 2.19. The predicted molar refractivity (Wildman–Crippen MR) is 110 cm³/mol. The fourth-order valence-electron chi connectivity index (χ4n) is 2.92. The van der Waals surface area contributed by atoms with Crippen LogP contribution in [0.2, 0.25) is 5.02 Å². The lowest BCUT2D eigenvalue weighted by molar-refractivity contribution is -0.115. The lowest BCUT2D eigenvalue weighted by atomic mass is 10.1. The van der Waals surface area contributed by atoms with Crippen molar-refractivity contribution in [1.29, 1.82) is 0 Å². The molecule has 3 rings (SSSR count). The Labute approximate surface area is 168 Å². The molecule has 2 N–H and O–H groups in total. The molecule has 0 aliphatic carbocycles. The van der Waals surface area contributed by atoms with Gasteiger partial charge in [0.25, 0.3) is 5.91 Å². The Hall–Kier alpha value is -3.12. The van der Waals surface area contributed by atoms with Crippen molar-refractivity contribution < 1.29 is 9.59 Å². The SMILES string of the molecule is Cc1nn(Cc2ccccc2)c(C)c1C(=O)NCC(=O)Nc1ccc(Cl)cc1. The highest BCUT2D eigenvalue weighted by Crippen LogP contribution is 2.15. The van der Waals surface area contributed by atoms with Crippen LogP contribution in [0.25, 0.3) is 0 Å². The number of halogens is 1. The molecule has 6 nitrogen and oxygen atoms in total. The smallest absolute Gasteiger partial charge is 0.255 e. The molecule has 0 saturated heterocycles. The Balaban J connectivity index is 1.62. The van der Waals surface area contributed by atoms with Crippen molar-refractivity contribution in [3.63, 3.8) is 0 Å². The maximum atomic E-state index is 12.6. The summed E-state index contributed by atoms with van der Waals surface area (Å²) in [6.45, 7) is 4.09. The molecule has 0 aliphatic rings. The predicted octanol–water partition coefficient (Wildman–Crippen LogP) is 3.57. The second kappa shape index (κ2) is 8.71. The van der Waals surface area contributed by atoms with Crippen LogP contribution >= 0.6 is 11.6 Å². The van der Waals surface area contributed by atoms with Gasteiger partial charge in [-0.05, 0) is 43.7 Å². The summed E-state index contributed by atoms with van der Waals surface area (Å²) in [6.07, 6.45) is 0. The summed E-state index contributed by atoms with van der Waals surface area (Å²) in [5.74, 6) is -0.636. The van der Waals surface area contributed by atoms with Crippen molar-refractivity contribution in [3.8, 4) is 0 Å². The minimum atomic E-state index is -0.319. The quantitative estimate of drug-likeness (QED) is 0.668. The average Bonchev–Trinajstić information content (AvgIpc) is 2.96. The van der Waals surface area contributed by atoms with E-state index in [2.05, 4.69) is 15.7 Å². The Morgan fingerprint density at radius 1 is 1.04 bits per heavy atom. The summed E-state index contributed by atoms with van der Waals surface area (Å²) in [5.41, 5.74) is 3.60. The van der Waals surface area contributed by atoms with Crippen LogP contribution in [-0.4, -0.2) is 28.1 Å². The maximum Gasteiger partial charge on any atom is 0.255 e. The fraction of sp³-hybridized carbons (Fsp3) is 0.190. The van der Waals surface area contributed by atoms with Crippen molar-refractivity contribution in [3.05, 3.63) is 82.1 Å². The number of benzene rings is 2. The molecule has 1 heterocycles. The molecular weight excluding hydrogens is 376 g/mol. The van der Waals surface area contributed by atoms with Crippen LogP contribution in [0.4, 0.5) is 5.69 Å². The molecule has 3 aromatic rings. The minimum absolute atomic E-state index is 0.135. The molecule has 1 aromatic heterocycles. The maximum absolute atomic E-state index is 12.6. The summed E-state index contributed by atoms with van der Waals surface area (Å²) in [4.78, 5) is 24.7. The van der Waals surface area contributed by atoms with Gasteiger partial charge in [0.1, 0.15) is 0 Å². The van der Waals surface area contributed by atoms with Crippen LogP contribution in [-0.2, 0) is 11.3 Å². The van der Waals surface area contributed by atoms with E-state index in [9.17, 15) is 9.59 Å². The molecule has 0 atom stereocenters. The van der Waals surface area contributed by atoms with Gasteiger partial charge in [-0.25, -0.2) is 0 Å². The van der Waals surface area contributed by atoms with Gasteiger partial charge in [0.2, 0.25) is 5.91 Å². The molecule has 0 fully saturated rings. The van der Waals surface area contributed by atoms with Gasteiger partial charge in [0, 0.05) is 16.4 Å². The van der Waals surface area contributed by atoms with Crippen LogP contribution in [0.3, 0.4) is 0 Å². The zero-order chi connectivity index (χ0) is 20.1. The molecule has 0 bridgehead atoms. The normalized spacial score (nSPS) is 10.5. The summed E-state index contributed by atoms with van der Waals surface area (Å²) in [6, 6.07) is 16.7. The summed E-state index contributed by atoms with van der Waals surface area (Å²) in [7, 11) is 0. The first-order chi connectivity index (χ1) is 13.4. The lowest BCUT2D eigenvalue weighted by Crippen LogP contribution is -2.33. The van der Waals surface area contributed by atoms with E-state index in [1.807, 2.05) is 37.3 Å². The molecule has 2 aromatic carbocycles. The van der Waals surface area contributed by atoms with Gasteiger partial charge >= 0.3 is 0 Å². The Morgan fingerprint density at radius 3 is 2.39 bits per heavy atom. The Bertz CT molecular complexity index is 982. The van der Waals surface area contributed by atoms with Crippen LogP contribution in [0, 0.1) is 13.8 Å². The third kappa shape index (κ3) is 4.78. The average molecular weight is 397 g/mol. The van der Waals surface area contributed by atoms with Gasteiger partial charge in [-0.3, -0.25) is 14.3 Å². The molecule has 7 heteroatoms. The number of aryl methyl sites for hydroxylation is 1. The molecule has 0 saturated carbocycles. The van der Waals surface area contributed by atoms with E-state index in [-0.39, 0.29) is 18.4 Å². The van der Waals surface area contributed by atoms with Gasteiger partial charge < -0.3 is 10.6 Å². The number of amides is 2. The summed E-state index contributed by atoms with van der Waals surface area (Å²) >= 11 is 5.82. The molecule has 2 amide bonds. The number of aromatic nitrogens is 2. The number of anilines is 1. The molecule has 0 unspecified atom stereocenters. The van der Waals surface area contributed by atoms with Gasteiger partial charge in [-0.1, -0.05) is 41.9 Å². The van der Waals surface area contributed by atoms with Crippen LogP contribution < -0.4 is 10.6 Å². The van der Waals surface area contributed by atoms with Crippen molar-refractivity contribution in [2.75, 3.05) is 11.9 Å². The highest BCUT2D eigenvalue weighted by atomic mass is 35.5. The van der Waals surface area contributed by atoms with Gasteiger partial charge in [0.05, 0.1) is 24.3 Å². The Morgan fingerprint density at radius 2 is 1.71 bits per heavy atom. The third-order valence-electron chi connectivity index (χ3n) is 4.32. The molecule has 144 valence electrons. The van der Waals surface area contributed by atoms with Crippen LogP contribution in [0.15, 0.2) is 54.6 Å². The van der Waals surface area contributed by atoms with Gasteiger partial charge in [-0.15, -0.1) is 0 Å². The minimum Gasteiger partial charge on any atom is -0.343 e. The molecular formula is C21H21ClN4O2. The number of hydrogen-bond acceptors (Lipinski definition) is 3. The second-order valence-electron chi connectivity index (χ2n) is 6.43. The number of carbonyl (C=O) groups excluding carboxylic acids is 2. The second-order valence-corrected chi connectivity index (χ2v) is 6.86. The summed E-state index contributed by atoms with van der Waals surface area (Å²) in [5, 5.41) is 10.4. The van der Waals surface area contributed by atoms with Crippen molar-refractivity contribution in [2.45, 2.75) is 20.4 Å². The van der Waals surface area contributed by atoms with E-state index < -0.39 is 0 Å². The van der Waals surface area contributed by atoms with E-state index in [4.69, 9.17) is 11.6 Å². The van der Waals surface area contributed by atoms with E-state index in [0.717, 1.165) is 11.3 Å². The zero-order valence-electron chi connectivity index (χ0n) is 15.7. The summed E-state index contributed by atoms with van der Waals surface area (Å²) < 4.78 is 1.80. The molecule has 28 heavy (non-hydrogen) atoms. The fourth-order valence-corrected chi connectivity index (χ4v) is 3.05. The van der Waals surface area contributed by atoms with Crippen LogP contribution in [0.1, 0.15) is 27.3 Å². The monoisotopic (exact) mass is 396 g/mol. The first kappa shape index (κ1) is 19.6. The number of carbonyl (C=O) groups is 2. The number of nitrogens with one attached hydrogen (secondary N) is 2. The van der Waals surface area contributed by atoms with Gasteiger partial charge in [-0.2, -0.15) is 5.10 Å². The van der Waals surface area contributed by atoms with E-state index >= 15 is 0 Å². The lowest BCUT2D eigenvalue weighted by Gasteiger charge is -2.08. The third-order valence-corrected chi connectivity index (χ3v) is 4.57. The Kier molecular flexibility index (Phi) is 6.11. The van der Waals surface area contributed by atoms with E-state index in [0.29, 0.717) is 28.5 Å². The number of hydrogen-bond donors (Lipinski definition) is 2. The van der Waals surface area contributed by atoms with Crippen molar-refractivity contribution in [2.24, 2.45) is 0 Å². The first-order valence-electron chi connectivity index (χ1n) is 8.85. The van der Waals surface area contributed by atoms with Crippen LogP contribution in [0.5, 0.6) is 0 Å². The molecule has 0 spiro atoms. The standard InChI is InChI=1S/C21H21ClN4O2/c1-14-20(15(2)26(25-14)13-16-6-4-3-5-7-16)21(28)23-12-19(27)24-18-10-8-17(22)9-11-18/h3-11H,12-13H2,1-2H3,(H,23,28)(H,24,27).